The van der Waals surface area contributed by atoms with Crippen molar-refractivity contribution in [2.75, 3.05) is 18.1 Å². The zero-order valence-corrected chi connectivity index (χ0v) is 12.2. The standard InChI is InChI=1S/C14H19NO4S/c1-20(18,19)12-6-4-11(5-7-12)15-10-14(13(16)17)8-2-3-9-14/h4-7,15H,2-3,8-10H2,1H3,(H,16,17). The van der Waals surface area contributed by atoms with E-state index in [1.165, 1.54) is 12.1 Å². The van der Waals surface area contributed by atoms with Crippen LogP contribution in [0, 0.1) is 5.41 Å². The summed E-state index contributed by atoms with van der Waals surface area (Å²) in [6.07, 6.45) is 4.43. The lowest BCUT2D eigenvalue weighted by molar-refractivity contribution is -0.147. The molecule has 1 aliphatic rings. The average Bonchev–Trinajstić information content (AvgIpc) is 2.86. The molecule has 2 N–H and O–H groups in total. The zero-order chi connectivity index (χ0) is 14.8. The lowest BCUT2D eigenvalue weighted by atomic mass is 9.86. The number of hydrogen-bond acceptors (Lipinski definition) is 4. The predicted molar refractivity (Wildman–Crippen MR) is 76.6 cm³/mol. The van der Waals surface area contributed by atoms with Crippen LogP contribution in [-0.2, 0) is 14.6 Å². The van der Waals surface area contributed by atoms with Gasteiger partial charge in [0.15, 0.2) is 9.84 Å². The van der Waals surface area contributed by atoms with E-state index in [0.29, 0.717) is 19.4 Å². The van der Waals surface area contributed by atoms with Crippen molar-refractivity contribution in [2.45, 2.75) is 30.6 Å². The molecule has 5 nitrogen and oxygen atoms in total. The van der Waals surface area contributed by atoms with E-state index in [2.05, 4.69) is 5.32 Å². The number of carboxylic acid groups (broad SMARTS) is 1. The highest BCUT2D eigenvalue weighted by Crippen LogP contribution is 2.38. The Morgan fingerprint density at radius 2 is 1.80 bits per heavy atom. The van der Waals surface area contributed by atoms with Crippen LogP contribution >= 0.6 is 0 Å². The quantitative estimate of drug-likeness (QED) is 0.870. The first-order valence-corrected chi connectivity index (χ1v) is 8.50. The van der Waals surface area contributed by atoms with Gasteiger partial charge in [-0.2, -0.15) is 0 Å². The van der Waals surface area contributed by atoms with Gasteiger partial charge in [-0.1, -0.05) is 12.8 Å². The van der Waals surface area contributed by atoms with Crippen LogP contribution in [0.25, 0.3) is 0 Å². The van der Waals surface area contributed by atoms with Crippen molar-refractivity contribution >= 4 is 21.5 Å². The lowest BCUT2D eigenvalue weighted by Gasteiger charge is -2.24. The number of sulfone groups is 1. The van der Waals surface area contributed by atoms with Gasteiger partial charge in [-0.05, 0) is 37.1 Å². The highest BCUT2D eigenvalue weighted by Gasteiger charge is 2.40. The third-order valence-electron chi connectivity index (χ3n) is 3.93. The van der Waals surface area contributed by atoms with E-state index in [-0.39, 0.29) is 4.90 Å². The van der Waals surface area contributed by atoms with E-state index in [4.69, 9.17) is 0 Å². The summed E-state index contributed by atoms with van der Waals surface area (Å²) >= 11 is 0. The summed E-state index contributed by atoms with van der Waals surface area (Å²) in [6.45, 7) is 0.376. The predicted octanol–water partition coefficient (Wildman–Crippen LogP) is 2.15. The molecule has 0 spiro atoms. The molecule has 110 valence electrons. The first kappa shape index (κ1) is 14.8. The maximum absolute atomic E-state index is 11.4. The Hall–Kier alpha value is -1.56. The Morgan fingerprint density at radius 1 is 1.25 bits per heavy atom. The monoisotopic (exact) mass is 297 g/mol. The Balaban J connectivity index is 2.06. The molecule has 1 aromatic carbocycles. The van der Waals surface area contributed by atoms with Crippen molar-refractivity contribution in [1.82, 2.24) is 0 Å². The molecule has 6 heteroatoms. The summed E-state index contributed by atoms with van der Waals surface area (Å²) in [7, 11) is -3.20. The van der Waals surface area contributed by atoms with Crippen LogP contribution in [0.15, 0.2) is 29.2 Å². The van der Waals surface area contributed by atoms with Crippen LogP contribution in [0.1, 0.15) is 25.7 Å². The van der Waals surface area contributed by atoms with E-state index in [1.54, 1.807) is 12.1 Å². The molecule has 1 saturated carbocycles. The van der Waals surface area contributed by atoms with Crippen molar-refractivity contribution in [1.29, 1.82) is 0 Å². The third kappa shape index (κ3) is 3.12. The second kappa shape index (κ2) is 5.44. The van der Waals surface area contributed by atoms with Crippen LogP contribution in [-0.4, -0.2) is 32.3 Å². The van der Waals surface area contributed by atoms with E-state index in [0.717, 1.165) is 24.8 Å². The maximum Gasteiger partial charge on any atom is 0.311 e. The Bertz CT molecular complexity index is 586. The Morgan fingerprint density at radius 3 is 2.25 bits per heavy atom. The maximum atomic E-state index is 11.4. The molecule has 0 unspecified atom stereocenters. The smallest absolute Gasteiger partial charge is 0.311 e. The lowest BCUT2D eigenvalue weighted by Crippen LogP contribution is -2.35. The average molecular weight is 297 g/mol. The molecule has 1 aromatic rings. The number of aliphatic carboxylic acids is 1. The van der Waals surface area contributed by atoms with Gasteiger partial charge in [0.05, 0.1) is 10.3 Å². The molecule has 2 rings (SSSR count). The number of carboxylic acids is 1. The minimum Gasteiger partial charge on any atom is -0.481 e. The van der Waals surface area contributed by atoms with Gasteiger partial charge in [-0.3, -0.25) is 4.79 Å². The van der Waals surface area contributed by atoms with E-state index < -0.39 is 21.2 Å². The van der Waals surface area contributed by atoms with Crippen molar-refractivity contribution < 1.29 is 18.3 Å². The van der Waals surface area contributed by atoms with Crippen LogP contribution < -0.4 is 5.32 Å². The number of rotatable bonds is 5. The first-order valence-electron chi connectivity index (χ1n) is 6.61. The number of nitrogens with one attached hydrogen (secondary N) is 1. The molecule has 0 amide bonds. The van der Waals surface area contributed by atoms with Gasteiger partial charge in [0, 0.05) is 18.5 Å². The summed E-state index contributed by atoms with van der Waals surface area (Å²) in [5.74, 6) is -0.754. The van der Waals surface area contributed by atoms with Gasteiger partial charge in [0.2, 0.25) is 0 Å². The van der Waals surface area contributed by atoms with Gasteiger partial charge in [-0.25, -0.2) is 8.42 Å². The topological polar surface area (TPSA) is 83.5 Å². The molecular weight excluding hydrogens is 278 g/mol. The summed E-state index contributed by atoms with van der Waals surface area (Å²) in [5.41, 5.74) is 0.0557. The summed E-state index contributed by atoms with van der Waals surface area (Å²) in [6, 6.07) is 6.39. The molecule has 0 aromatic heterocycles. The highest BCUT2D eigenvalue weighted by molar-refractivity contribution is 7.90. The number of benzene rings is 1. The molecule has 0 heterocycles. The first-order chi connectivity index (χ1) is 9.33. The molecule has 0 aliphatic heterocycles. The number of carbonyl (C=O) groups is 1. The molecule has 0 saturated heterocycles. The molecular formula is C14H19NO4S. The van der Waals surface area contributed by atoms with E-state index in [1.807, 2.05) is 0 Å². The van der Waals surface area contributed by atoms with Crippen molar-refractivity contribution in [3.8, 4) is 0 Å². The zero-order valence-electron chi connectivity index (χ0n) is 11.4. The van der Waals surface area contributed by atoms with Crippen LogP contribution in [0.3, 0.4) is 0 Å². The third-order valence-corrected chi connectivity index (χ3v) is 5.06. The fourth-order valence-corrected chi connectivity index (χ4v) is 3.24. The summed E-state index contributed by atoms with van der Waals surface area (Å²) < 4.78 is 22.7. The molecule has 0 radical (unpaired) electrons. The summed E-state index contributed by atoms with van der Waals surface area (Å²) in [4.78, 5) is 11.7. The molecule has 20 heavy (non-hydrogen) atoms. The minimum absolute atomic E-state index is 0.261. The van der Waals surface area contributed by atoms with Gasteiger partial charge in [-0.15, -0.1) is 0 Å². The summed E-state index contributed by atoms with van der Waals surface area (Å²) in [5, 5.41) is 12.5. The van der Waals surface area contributed by atoms with Gasteiger partial charge >= 0.3 is 5.97 Å². The number of anilines is 1. The largest absolute Gasteiger partial charge is 0.481 e. The second-order valence-electron chi connectivity index (χ2n) is 5.44. The fourth-order valence-electron chi connectivity index (χ4n) is 2.61. The van der Waals surface area contributed by atoms with Gasteiger partial charge in [0.1, 0.15) is 0 Å². The van der Waals surface area contributed by atoms with Crippen molar-refractivity contribution in [3.05, 3.63) is 24.3 Å². The van der Waals surface area contributed by atoms with Gasteiger partial charge < -0.3 is 10.4 Å². The highest BCUT2D eigenvalue weighted by atomic mass is 32.2. The Labute approximate surface area is 118 Å². The minimum atomic E-state index is -3.20. The van der Waals surface area contributed by atoms with Gasteiger partial charge in [0.25, 0.3) is 0 Å². The molecule has 0 atom stereocenters. The SMILES string of the molecule is CS(=O)(=O)c1ccc(NCC2(C(=O)O)CCCC2)cc1. The van der Waals surface area contributed by atoms with Crippen LogP contribution in [0.2, 0.25) is 0 Å². The fraction of sp³-hybridized carbons (Fsp3) is 0.500. The molecule has 0 bridgehead atoms. The van der Waals surface area contributed by atoms with Crippen molar-refractivity contribution in [2.24, 2.45) is 5.41 Å². The molecule has 1 aliphatic carbocycles. The molecule has 1 fully saturated rings. The van der Waals surface area contributed by atoms with E-state index >= 15 is 0 Å². The van der Waals surface area contributed by atoms with Crippen LogP contribution in [0.4, 0.5) is 5.69 Å². The second-order valence-corrected chi connectivity index (χ2v) is 7.46. The van der Waals surface area contributed by atoms with Crippen molar-refractivity contribution in [3.63, 3.8) is 0 Å². The van der Waals surface area contributed by atoms with Crippen LogP contribution in [0.5, 0.6) is 0 Å². The number of hydrogen-bond donors (Lipinski definition) is 2. The van der Waals surface area contributed by atoms with E-state index in [9.17, 15) is 18.3 Å². The Kier molecular flexibility index (Phi) is 4.04. The normalized spacial score (nSPS) is 17.9.